The third-order valence-corrected chi connectivity index (χ3v) is 5.99. The van der Waals surface area contributed by atoms with E-state index in [4.69, 9.17) is 22.3 Å². The van der Waals surface area contributed by atoms with Crippen molar-refractivity contribution in [2.45, 2.75) is 44.4 Å². The van der Waals surface area contributed by atoms with Crippen molar-refractivity contribution in [3.63, 3.8) is 0 Å². The second-order valence-corrected chi connectivity index (χ2v) is 7.68. The molecular weight excluding hydrogens is 322 g/mol. The van der Waals surface area contributed by atoms with Crippen molar-refractivity contribution in [2.75, 3.05) is 0 Å². The molecule has 1 aromatic carbocycles. The lowest BCUT2D eigenvalue weighted by atomic mass is 9.65. The Morgan fingerprint density at radius 2 is 2.17 bits per heavy atom. The molecular formula is C19H20ClN3O. The van der Waals surface area contributed by atoms with E-state index in [-0.39, 0.29) is 0 Å². The fourth-order valence-electron chi connectivity index (χ4n) is 4.82. The van der Waals surface area contributed by atoms with Crippen LogP contribution >= 0.6 is 11.6 Å². The standard InChI is InChI=1S/C19H20ClN3O/c20-14-3-4-15-16(10-14)23(24)17-9-12-6-11(2-1-5-21)7-13(8-12)18(17)19(15)22/h3-4,10-13,22,24H,1-2,6-9H2. The molecule has 4 nitrogen and oxygen atoms in total. The second kappa shape index (κ2) is 5.82. The van der Waals surface area contributed by atoms with Gasteiger partial charge < -0.3 is 5.21 Å². The van der Waals surface area contributed by atoms with Crippen molar-refractivity contribution in [1.29, 1.82) is 10.7 Å². The summed E-state index contributed by atoms with van der Waals surface area (Å²) in [6.45, 7) is 0. The quantitative estimate of drug-likeness (QED) is 0.796. The molecule has 4 rings (SSSR count). The van der Waals surface area contributed by atoms with Crippen LogP contribution in [0, 0.1) is 28.6 Å². The van der Waals surface area contributed by atoms with E-state index in [1.165, 1.54) is 4.73 Å². The highest BCUT2D eigenvalue weighted by molar-refractivity contribution is 6.31. The molecule has 0 aliphatic heterocycles. The van der Waals surface area contributed by atoms with Crippen LogP contribution in [-0.2, 0) is 6.42 Å². The fourth-order valence-corrected chi connectivity index (χ4v) is 4.99. The number of benzene rings is 1. The summed E-state index contributed by atoms with van der Waals surface area (Å²) >= 11 is 6.08. The van der Waals surface area contributed by atoms with E-state index in [1.807, 2.05) is 6.07 Å². The molecule has 2 N–H and O–H groups in total. The summed E-state index contributed by atoms with van der Waals surface area (Å²) in [6.07, 6.45) is 5.62. The van der Waals surface area contributed by atoms with Gasteiger partial charge in [-0.2, -0.15) is 9.99 Å². The summed E-state index contributed by atoms with van der Waals surface area (Å²) < 4.78 is 1.27. The van der Waals surface area contributed by atoms with Gasteiger partial charge in [0.15, 0.2) is 0 Å². The molecule has 1 fully saturated rings. The molecule has 0 spiro atoms. The van der Waals surface area contributed by atoms with Gasteiger partial charge in [-0.25, -0.2) is 0 Å². The molecule has 124 valence electrons. The van der Waals surface area contributed by atoms with Crippen LogP contribution in [0.3, 0.4) is 0 Å². The largest absolute Gasteiger partial charge is 0.428 e. The van der Waals surface area contributed by atoms with Crippen LogP contribution in [0.25, 0.3) is 10.9 Å². The SMILES string of the molecule is N#CCCC1CC2Cc3c(c(=N)c4ccc(Cl)cc4n3O)C(C1)C2. The first-order valence-electron chi connectivity index (χ1n) is 8.56. The van der Waals surface area contributed by atoms with Gasteiger partial charge in [-0.15, -0.1) is 0 Å². The van der Waals surface area contributed by atoms with Gasteiger partial charge in [-0.05, 0) is 68.1 Å². The molecule has 1 heterocycles. The predicted octanol–water partition coefficient (Wildman–Crippen LogP) is 4.37. The number of nitrogens with zero attached hydrogens (tertiary/aromatic N) is 2. The summed E-state index contributed by atoms with van der Waals surface area (Å²) in [7, 11) is 0. The maximum atomic E-state index is 10.7. The van der Waals surface area contributed by atoms with E-state index in [1.54, 1.807) is 12.1 Å². The average molecular weight is 342 g/mol. The van der Waals surface area contributed by atoms with Crippen molar-refractivity contribution in [3.05, 3.63) is 39.8 Å². The van der Waals surface area contributed by atoms with E-state index >= 15 is 0 Å². The minimum Gasteiger partial charge on any atom is -0.428 e. The number of hydrogen-bond donors (Lipinski definition) is 2. The van der Waals surface area contributed by atoms with Crippen molar-refractivity contribution in [3.8, 4) is 6.07 Å². The average Bonchev–Trinajstić information content (AvgIpc) is 2.57. The van der Waals surface area contributed by atoms with Gasteiger partial charge in [0, 0.05) is 22.4 Å². The monoisotopic (exact) mass is 341 g/mol. The van der Waals surface area contributed by atoms with Crippen LogP contribution in [0.4, 0.5) is 0 Å². The fraction of sp³-hybridized carbons (Fsp3) is 0.474. The number of pyridine rings is 1. The molecule has 0 radical (unpaired) electrons. The lowest BCUT2D eigenvalue weighted by molar-refractivity contribution is 0.156. The zero-order chi connectivity index (χ0) is 16.8. The molecule has 2 aromatic rings. The third-order valence-electron chi connectivity index (χ3n) is 5.75. The van der Waals surface area contributed by atoms with E-state index in [2.05, 4.69) is 6.07 Å². The van der Waals surface area contributed by atoms with Crippen LogP contribution in [0.5, 0.6) is 0 Å². The van der Waals surface area contributed by atoms with Crippen molar-refractivity contribution in [2.24, 2.45) is 11.8 Å². The maximum Gasteiger partial charge on any atom is 0.0904 e. The van der Waals surface area contributed by atoms with Gasteiger partial charge in [-0.1, -0.05) is 11.6 Å². The zero-order valence-electron chi connectivity index (χ0n) is 13.4. The summed E-state index contributed by atoms with van der Waals surface area (Å²) in [5.74, 6) is 1.42. The topological polar surface area (TPSA) is 72.8 Å². The normalized spacial score (nSPS) is 25.2. The summed E-state index contributed by atoms with van der Waals surface area (Å²) in [5, 5.41) is 30.1. The van der Waals surface area contributed by atoms with E-state index in [0.717, 1.165) is 48.7 Å². The Bertz CT molecular complexity index is 911. The molecule has 2 bridgehead atoms. The number of nitrogens with one attached hydrogen (secondary N) is 1. The number of nitriles is 1. The molecule has 3 unspecified atom stereocenters. The second-order valence-electron chi connectivity index (χ2n) is 7.25. The number of fused-ring (bicyclic) bond motifs is 5. The number of aromatic nitrogens is 1. The Kier molecular flexibility index (Phi) is 3.77. The molecule has 24 heavy (non-hydrogen) atoms. The highest BCUT2D eigenvalue weighted by atomic mass is 35.5. The Balaban J connectivity index is 1.84. The van der Waals surface area contributed by atoms with Crippen molar-refractivity contribution >= 4 is 22.5 Å². The smallest absolute Gasteiger partial charge is 0.0904 e. The van der Waals surface area contributed by atoms with Gasteiger partial charge in [0.05, 0.1) is 22.6 Å². The Labute approximate surface area is 145 Å². The molecule has 2 aliphatic rings. The molecule has 1 saturated carbocycles. The van der Waals surface area contributed by atoms with Crippen molar-refractivity contribution < 1.29 is 5.21 Å². The van der Waals surface area contributed by atoms with Crippen LogP contribution in [-0.4, -0.2) is 9.94 Å². The highest BCUT2D eigenvalue weighted by Crippen LogP contribution is 2.46. The van der Waals surface area contributed by atoms with Gasteiger partial charge >= 0.3 is 0 Å². The van der Waals surface area contributed by atoms with Crippen LogP contribution in [0.1, 0.15) is 49.3 Å². The molecule has 0 saturated heterocycles. The zero-order valence-corrected chi connectivity index (χ0v) is 14.2. The van der Waals surface area contributed by atoms with Crippen LogP contribution in [0.2, 0.25) is 5.02 Å². The first-order chi connectivity index (χ1) is 11.6. The van der Waals surface area contributed by atoms with Crippen LogP contribution < -0.4 is 5.36 Å². The third kappa shape index (κ3) is 2.39. The minimum atomic E-state index is 0.321. The van der Waals surface area contributed by atoms with Crippen molar-refractivity contribution in [1.82, 2.24) is 4.73 Å². The lowest BCUT2D eigenvalue weighted by Crippen LogP contribution is -2.35. The van der Waals surface area contributed by atoms with Gasteiger partial charge in [0.1, 0.15) is 0 Å². The lowest BCUT2D eigenvalue weighted by Gasteiger charge is -2.40. The number of hydrogen-bond acceptors (Lipinski definition) is 3. The molecule has 5 heteroatoms. The van der Waals surface area contributed by atoms with Gasteiger partial charge in [0.2, 0.25) is 0 Å². The van der Waals surface area contributed by atoms with Crippen LogP contribution in [0.15, 0.2) is 18.2 Å². The first kappa shape index (κ1) is 15.5. The maximum absolute atomic E-state index is 10.7. The van der Waals surface area contributed by atoms with Gasteiger partial charge in [0.25, 0.3) is 0 Å². The Morgan fingerprint density at radius 1 is 1.33 bits per heavy atom. The van der Waals surface area contributed by atoms with E-state index < -0.39 is 0 Å². The molecule has 2 aliphatic carbocycles. The Hall–Kier alpha value is -1.99. The highest BCUT2D eigenvalue weighted by Gasteiger charge is 2.37. The summed E-state index contributed by atoms with van der Waals surface area (Å²) in [6, 6.07) is 7.59. The molecule has 1 aromatic heterocycles. The molecule has 3 atom stereocenters. The summed E-state index contributed by atoms with van der Waals surface area (Å²) in [5.41, 5.74) is 2.51. The number of halogens is 1. The van der Waals surface area contributed by atoms with E-state index in [9.17, 15) is 5.21 Å². The number of rotatable bonds is 2. The minimum absolute atomic E-state index is 0.321. The summed E-state index contributed by atoms with van der Waals surface area (Å²) in [4.78, 5) is 0. The predicted molar refractivity (Wildman–Crippen MR) is 92.1 cm³/mol. The first-order valence-corrected chi connectivity index (χ1v) is 8.94. The molecule has 0 amide bonds. The Morgan fingerprint density at radius 3 is 2.96 bits per heavy atom. The van der Waals surface area contributed by atoms with E-state index in [0.29, 0.717) is 40.1 Å². The van der Waals surface area contributed by atoms with Gasteiger partial charge in [-0.3, -0.25) is 5.41 Å².